The van der Waals surface area contributed by atoms with Gasteiger partial charge in [0.2, 0.25) is 0 Å². The van der Waals surface area contributed by atoms with E-state index in [9.17, 15) is 13.6 Å². The van der Waals surface area contributed by atoms with Crippen LogP contribution in [0.3, 0.4) is 0 Å². The van der Waals surface area contributed by atoms with Gasteiger partial charge < -0.3 is 5.32 Å². The summed E-state index contributed by atoms with van der Waals surface area (Å²) in [4.78, 5) is 12.7. The molecule has 1 N–H and O–H groups in total. The number of amides is 1. The van der Waals surface area contributed by atoms with Gasteiger partial charge in [-0.25, -0.2) is 8.78 Å². The van der Waals surface area contributed by atoms with Gasteiger partial charge in [0.1, 0.15) is 11.6 Å². The minimum atomic E-state index is -0.851. The number of carbonyl (C=O) groups excluding carboxylic acids is 1. The summed E-state index contributed by atoms with van der Waals surface area (Å²) in [7, 11) is 0. The molecule has 5 heteroatoms. The second kappa shape index (κ2) is 5.27. The largest absolute Gasteiger partial charge is 0.347 e. The number of hydrogen-bond donors (Lipinski definition) is 1. The first kappa shape index (κ1) is 12.7. The molecule has 2 nitrogen and oxygen atoms in total. The fourth-order valence-corrected chi connectivity index (χ4v) is 2.36. The molecular weight excluding hydrogens is 256 g/mol. The maximum Gasteiger partial charge on any atom is 0.254 e. The summed E-state index contributed by atoms with van der Waals surface area (Å²) in [6, 6.07) is 4.85. The van der Waals surface area contributed by atoms with Crippen molar-refractivity contribution in [2.45, 2.75) is 13.5 Å². The van der Waals surface area contributed by atoms with E-state index in [4.69, 9.17) is 0 Å². The third-order valence-corrected chi connectivity index (χ3v) is 3.58. The van der Waals surface area contributed by atoms with Gasteiger partial charge in [-0.15, -0.1) is 11.3 Å². The number of halogens is 2. The third-order valence-electron chi connectivity index (χ3n) is 2.55. The van der Waals surface area contributed by atoms with E-state index >= 15 is 0 Å². The summed E-state index contributed by atoms with van der Waals surface area (Å²) in [6.45, 7) is 2.29. The Labute approximate surface area is 107 Å². The maximum absolute atomic E-state index is 13.3. The fraction of sp³-hybridized carbons (Fsp3) is 0.154. The number of nitrogens with one attached hydrogen (secondary N) is 1. The normalized spacial score (nSPS) is 10.4. The lowest BCUT2D eigenvalue weighted by atomic mass is 10.2. The van der Waals surface area contributed by atoms with E-state index in [1.54, 1.807) is 0 Å². The van der Waals surface area contributed by atoms with Crippen molar-refractivity contribution in [2.24, 2.45) is 0 Å². The first-order chi connectivity index (χ1) is 8.58. The van der Waals surface area contributed by atoms with Crippen LogP contribution in [0.25, 0.3) is 0 Å². The van der Waals surface area contributed by atoms with Crippen molar-refractivity contribution in [1.29, 1.82) is 0 Å². The van der Waals surface area contributed by atoms with Crippen LogP contribution in [0.2, 0.25) is 0 Å². The van der Waals surface area contributed by atoms with Gasteiger partial charge in [-0.05, 0) is 36.1 Å². The molecule has 0 aliphatic carbocycles. The van der Waals surface area contributed by atoms with Crippen LogP contribution in [0.1, 0.15) is 20.8 Å². The molecule has 1 heterocycles. The molecule has 94 valence electrons. The molecule has 1 aromatic heterocycles. The molecule has 0 bridgehead atoms. The van der Waals surface area contributed by atoms with Gasteiger partial charge in [-0.1, -0.05) is 0 Å². The predicted octanol–water partition coefficient (Wildman–Crippen LogP) is 3.26. The van der Waals surface area contributed by atoms with Crippen LogP contribution in [0.5, 0.6) is 0 Å². The smallest absolute Gasteiger partial charge is 0.254 e. The van der Waals surface area contributed by atoms with Crippen LogP contribution in [-0.2, 0) is 6.54 Å². The van der Waals surface area contributed by atoms with Crippen LogP contribution < -0.4 is 5.32 Å². The Morgan fingerprint density at radius 2 is 2.11 bits per heavy atom. The molecule has 1 aromatic carbocycles. The van der Waals surface area contributed by atoms with Gasteiger partial charge in [0.15, 0.2) is 0 Å². The molecule has 2 aromatic rings. The van der Waals surface area contributed by atoms with Crippen molar-refractivity contribution in [1.82, 2.24) is 5.32 Å². The average Bonchev–Trinajstić information content (AvgIpc) is 2.72. The van der Waals surface area contributed by atoms with Crippen molar-refractivity contribution in [3.05, 3.63) is 57.3 Å². The summed E-state index contributed by atoms with van der Waals surface area (Å²) in [5.74, 6) is -2.09. The quantitative estimate of drug-likeness (QED) is 0.908. The van der Waals surface area contributed by atoms with Crippen LogP contribution in [0.15, 0.2) is 29.6 Å². The molecule has 0 saturated carbocycles. The molecule has 0 aliphatic heterocycles. The molecule has 0 unspecified atom stereocenters. The molecule has 1 amide bonds. The van der Waals surface area contributed by atoms with Gasteiger partial charge in [0, 0.05) is 10.9 Å². The van der Waals surface area contributed by atoms with E-state index in [2.05, 4.69) is 5.32 Å². The highest BCUT2D eigenvalue weighted by Gasteiger charge is 2.12. The van der Waals surface area contributed by atoms with Gasteiger partial charge in [0.25, 0.3) is 5.91 Å². The van der Waals surface area contributed by atoms with Crippen molar-refractivity contribution >= 4 is 17.2 Å². The Hall–Kier alpha value is -1.75. The summed E-state index contributed by atoms with van der Waals surface area (Å²) in [5, 5.41) is 4.54. The van der Waals surface area contributed by atoms with Crippen LogP contribution in [-0.4, -0.2) is 5.91 Å². The van der Waals surface area contributed by atoms with E-state index < -0.39 is 17.5 Å². The van der Waals surface area contributed by atoms with Crippen molar-refractivity contribution in [2.75, 3.05) is 0 Å². The van der Waals surface area contributed by atoms with Gasteiger partial charge in [0.05, 0.1) is 12.1 Å². The van der Waals surface area contributed by atoms with Gasteiger partial charge >= 0.3 is 0 Å². The molecule has 0 spiro atoms. The number of rotatable bonds is 3. The summed E-state index contributed by atoms with van der Waals surface area (Å²) >= 11 is 1.52. The molecule has 0 aliphatic rings. The van der Waals surface area contributed by atoms with Crippen molar-refractivity contribution in [3.63, 3.8) is 0 Å². The number of hydrogen-bond acceptors (Lipinski definition) is 2. The van der Waals surface area contributed by atoms with E-state index in [1.165, 1.54) is 11.3 Å². The highest BCUT2D eigenvalue weighted by atomic mass is 32.1. The zero-order chi connectivity index (χ0) is 13.1. The van der Waals surface area contributed by atoms with Crippen LogP contribution >= 0.6 is 11.3 Å². The predicted molar refractivity (Wildman–Crippen MR) is 66.6 cm³/mol. The standard InChI is InChI=1S/C13H11F2NOS/c1-8-4-5-18-12(8)7-16-13(17)10-3-2-9(14)6-11(10)15/h2-6H,7H2,1H3,(H,16,17). The lowest BCUT2D eigenvalue weighted by Crippen LogP contribution is -2.23. The summed E-state index contributed by atoms with van der Waals surface area (Å²) in [6.07, 6.45) is 0. The third kappa shape index (κ3) is 2.73. The van der Waals surface area contributed by atoms with E-state index in [0.29, 0.717) is 12.6 Å². The second-order valence-corrected chi connectivity index (χ2v) is 4.83. The monoisotopic (exact) mass is 267 g/mol. The molecule has 2 rings (SSSR count). The Balaban J connectivity index is 2.06. The first-order valence-electron chi connectivity index (χ1n) is 5.34. The van der Waals surface area contributed by atoms with Crippen LogP contribution in [0, 0.1) is 18.6 Å². The van der Waals surface area contributed by atoms with Gasteiger partial charge in [-0.3, -0.25) is 4.79 Å². The molecule has 18 heavy (non-hydrogen) atoms. The minimum Gasteiger partial charge on any atom is -0.347 e. The SMILES string of the molecule is Cc1ccsc1CNC(=O)c1ccc(F)cc1F. The van der Waals surface area contributed by atoms with E-state index in [0.717, 1.165) is 22.6 Å². The summed E-state index contributed by atoms with van der Waals surface area (Å²) in [5.41, 5.74) is 0.936. The minimum absolute atomic E-state index is 0.148. The first-order valence-corrected chi connectivity index (χ1v) is 6.22. The Bertz CT molecular complexity index is 580. The zero-order valence-corrected chi connectivity index (χ0v) is 10.5. The highest BCUT2D eigenvalue weighted by Crippen LogP contribution is 2.15. The second-order valence-electron chi connectivity index (χ2n) is 3.83. The summed E-state index contributed by atoms with van der Waals surface area (Å²) < 4.78 is 26.1. The Morgan fingerprint density at radius 1 is 1.33 bits per heavy atom. The number of thiophene rings is 1. The van der Waals surface area contributed by atoms with Crippen molar-refractivity contribution < 1.29 is 13.6 Å². The molecule has 0 radical (unpaired) electrons. The highest BCUT2D eigenvalue weighted by molar-refractivity contribution is 7.10. The lowest BCUT2D eigenvalue weighted by Gasteiger charge is -2.05. The fourth-order valence-electron chi connectivity index (χ4n) is 1.51. The van der Waals surface area contributed by atoms with Crippen LogP contribution in [0.4, 0.5) is 8.78 Å². The zero-order valence-electron chi connectivity index (χ0n) is 9.67. The topological polar surface area (TPSA) is 29.1 Å². The van der Waals surface area contributed by atoms with Crippen molar-refractivity contribution in [3.8, 4) is 0 Å². The number of benzene rings is 1. The number of aryl methyl sites for hydroxylation is 1. The Morgan fingerprint density at radius 3 is 2.72 bits per heavy atom. The van der Waals surface area contributed by atoms with Gasteiger partial charge in [-0.2, -0.15) is 0 Å². The average molecular weight is 267 g/mol. The number of carbonyl (C=O) groups is 1. The van der Waals surface area contributed by atoms with E-state index in [1.807, 2.05) is 18.4 Å². The molecule has 0 fully saturated rings. The van der Waals surface area contributed by atoms with E-state index in [-0.39, 0.29) is 5.56 Å². The Kier molecular flexibility index (Phi) is 3.72. The molecule has 0 atom stereocenters. The molecule has 0 saturated heterocycles. The lowest BCUT2D eigenvalue weighted by molar-refractivity contribution is 0.0947. The maximum atomic E-state index is 13.3. The molecular formula is C13H11F2NOS.